The fourth-order valence-electron chi connectivity index (χ4n) is 1.94. The highest BCUT2D eigenvalue weighted by molar-refractivity contribution is 7.99. The normalized spacial score (nSPS) is 21.2. The van der Waals surface area contributed by atoms with Crippen LogP contribution >= 0.6 is 11.8 Å². The van der Waals surface area contributed by atoms with E-state index >= 15 is 0 Å². The standard InChI is InChI=1S/C14H29NOS/c1-4-12(2)17-10-6-5-9-14(3,11-16)15-13-7-8-13/h12-13,15-16H,4-11H2,1-3H3. The van der Waals surface area contributed by atoms with Gasteiger partial charge in [0.1, 0.15) is 0 Å². The second-order valence-corrected chi connectivity index (χ2v) is 7.23. The van der Waals surface area contributed by atoms with Gasteiger partial charge >= 0.3 is 0 Å². The fourth-order valence-corrected chi connectivity index (χ4v) is 2.95. The number of nitrogens with one attached hydrogen (secondary N) is 1. The lowest BCUT2D eigenvalue weighted by Crippen LogP contribution is -2.46. The summed E-state index contributed by atoms with van der Waals surface area (Å²) in [6, 6.07) is 0.682. The molecule has 1 aliphatic rings. The maximum absolute atomic E-state index is 9.48. The predicted octanol–water partition coefficient (Wildman–Crippen LogP) is 3.19. The molecule has 0 bridgehead atoms. The van der Waals surface area contributed by atoms with Crippen molar-refractivity contribution in [1.29, 1.82) is 0 Å². The average Bonchev–Trinajstić information content (AvgIpc) is 3.12. The lowest BCUT2D eigenvalue weighted by molar-refractivity contribution is 0.161. The zero-order valence-corrected chi connectivity index (χ0v) is 12.5. The highest BCUT2D eigenvalue weighted by atomic mass is 32.2. The van der Waals surface area contributed by atoms with Crippen molar-refractivity contribution in [2.45, 2.75) is 76.1 Å². The fraction of sp³-hybridized carbons (Fsp3) is 1.00. The molecule has 102 valence electrons. The highest BCUT2D eigenvalue weighted by Crippen LogP contribution is 2.25. The van der Waals surface area contributed by atoms with E-state index in [0.717, 1.165) is 11.7 Å². The lowest BCUT2D eigenvalue weighted by Gasteiger charge is -2.29. The molecule has 3 heteroatoms. The van der Waals surface area contributed by atoms with Crippen LogP contribution in [0.2, 0.25) is 0 Å². The molecule has 17 heavy (non-hydrogen) atoms. The number of thioether (sulfide) groups is 1. The van der Waals surface area contributed by atoms with Gasteiger partial charge in [-0.1, -0.05) is 20.3 Å². The molecule has 0 aromatic heterocycles. The van der Waals surface area contributed by atoms with Crippen LogP contribution in [0.3, 0.4) is 0 Å². The molecule has 2 atom stereocenters. The van der Waals surface area contributed by atoms with E-state index in [-0.39, 0.29) is 12.1 Å². The quantitative estimate of drug-likeness (QED) is 0.591. The molecule has 0 aliphatic heterocycles. The second kappa shape index (κ2) is 7.65. The molecule has 1 fully saturated rings. The molecule has 0 heterocycles. The minimum Gasteiger partial charge on any atom is -0.394 e. The van der Waals surface area contributed by atoms with E-state index in [0.29, 0.717) is 6.04 Å². The first-order chi connectivity index (χ1) is 8.09. The van der Waals surface area contributed by atoms with E-state index in [4.69, 9.17) is 0 Å². The third kappa shape index (κ3) is 6.68. The highest BCUT2D eigenvalue weighted by Gasteiger charge is 2.31. The Labute approximate surface area is 111 Å². The van der Waals surface area contributed by atoms with Crippen molar-refractivity contribution < 1.29 is 5.11 Å². The van der Waals surface area contributed by atoms with E-state index in [1.54, 1.807) is 0 Å². The monoisotopic (exact) mass is 259 g/mol. The van der Waals surface area contributed by atoms with Crippen LogP contribution in [0.1, 0.15) is 59.3 Å². The number of hydrogen-bond donors (Lipinski definition) is 2. The van der Waals surface area contributed by atoms with E-state index < -0.39 is 0 Å². The first-order valence-corrected chi connectivity index (χ1v) is 8.14. The Bertz CT molecular complexity index is 208. The molecule has 0 radical (unpaired) electrons. The van der Waals surface area contributed by atoms with Crippen molar-refractivity contribution in [3.63, 3.8) is 0 Å². The predicted molar refractivity (Wildman–Crippen MR) is 77.7 cm³/mol. The average molecular weight is 259 g/mol. The smallest absolute Gasteiger partial charge is 0.0610 e. The van der Waals surface area contributed by atoms with Gasteiger partial charge in [-0.2, -0.15) is 11.8 Å². The number of unbranched alkanes of at least 4 members (excludes halogenated alkanes) is 1. The molecule has 0 aromatic rings. The molecule has 1 aliphatic carbocycles. The summed E-state index contributed by atoms with van der Waals surface area (Å²) in [7, 11) is 0. The van der Waals surface area contributed by atoms with Crippen LogP contribution in [0, 0.1) is 0 Å². The van der Waals surface area contributed by atoms with Crippen LogP contribution in [-0.2, 0) is 0 Å². The van der Waals surface area contributed by atoms with Crippen LogP contribution in [0.4, 0.5) is 0 Å². The molecule has 1 rings (SSSR count). The first-order valence-electron chi connectivity index (χ1n) is 7.10. The summed E-state index contributed by atoms with van der Waals surface area (Å²) in [5, 5.41) is 13.8. The van der Waals surface area contributed by atoms with E-state index in [2.05, 4.69) is 37.8 Å². The number of aliphatic hydroxyl groups is 1. The van der Waals surface area contributed by atoms with Gasteiger partial charge in [-0.05, 0) is 44.8 Å². The summed E-state index contributed by atoms with van der Waals surface area (Å²) in [4.78, 5) is 0. The third-order valence-electron chi connectivity index (χ3n) is 3.58. The van der Waals surface area contributed by atoms with Gasteiger partial charge < -0.3 is 10.4 Å². The van der Waals surface area contributed by atoms with Gasteiger partial charge in [0.15, 0.2) is 0 Å². The van der Waals surface area contributed by atoms with Crippen LogP contribution in [0.25, 0.3) is 0 Å². The lowest BCUT2D eigenvalue weighted by atomic mass is 9.96. The summed E-state index contributed by atoms with van der Waals surface area (Å²) >= 11 is 2.08. The number of rotatable bonds is 10. The van der Waals surface area contributed by atoms with Crippen molar-refractivity contribution in [2.75, 3.05) is 12.4 Å². The Kier molecular flexibility index (Phi) is 6.90. The van der Waals surface area contributed by atoms with Gasteiger partial charge in [-0.15, -0.1) is 0 Å². The topological polar surface area (TPSA) is 32.3 Å². The summed E-state index contributed by atoms with van der Waals surface area (Å²) in [6.07, 6.45) is 7.44. The molecular weight excluding hydrogens is 230 g/mol. The SMILES string of the molecule is CCC(C)SCCCCC(C)(CO)NC1CC1. The van der Waals surface area contributed by atoms with E-state index in [1.807, 2.05) is 0 Å². The van der Waals surface area contributed by atoms with Gasteiger partial charge in [-0.25, -0.2) is 0 Å². The zero-order valence-electron chi connectivity index (χ0n) is 11.7. The van der Waals surface area contributed by atoms with Crippen molar-refractivity contribution in [3.8, 4) is 0 Å². The Balaban J connectivity index is 2.06. The molecule has 2 N–H and O–H groups in total. The Hall–Kier alpha value is 0.270. The van der Waals surface area contributed by atoms with Crippen molar-refractivity contribution in [2.24, 2.45) is 0 Å². The van der Waals surface area contributed by atoms with Gasteiger partial charge in [0.2, 0.25) is 0 Å². The first kappa shape index (κ1) is 15.3. The summed E-state index contributed by atoms with van der Waals surface area (Å²) in [5.41, 5.74) is -0.0395. The van der Waals surface area contributed by atoms with Gasteiger partial charge in [0.25, 0.3) is 0 Å². The molecule has 0 aromatic carbocycles. The maximum Gasteiger partial charge on any atom is 0.0610 e. The minimum atomic E-state index is -0.0395. The summed E-state index contributed by atoms with van der Waals surface area (Å²) < 4.78 is 0. The molecule has 0 spiro atoms. The van der Waals surface area contributed by atoms with Gasteiger partial charge in [-0.3, -0.25) is 0 Å². The van der Waals surface area contributed by atoms with E-state index in [9.17, 15) is 5.11 Å². The zero-order chi connectivity index (χ0) is 12.7. The van der Waals surface area contributed by atoms with Gasteiger partial charge in [0.05, 0.1) is 6.61 Å². The molecule has 0 saturated heterocycles. The molecular formula is C14H29NOS. The Morgan fingerprint density at radius 1 is 1.41 bits per heavy atom. The molecule has 1 saturated carbocycles. The number of hydrogen-bond acceptors (Lipinski definition) is 3. The molecule has 0 amide bonds. The summed E-state index contributed by atoms with van der Waals surface area (Å²) in [5.74, 6) is 1.26. The van der Waals surface area contributed by atoms with E-state index in [1.165, 1.54) is 37.9 Å². The Morgan fingerprint density at radius 3 is 2.65 bits per heavy atom. The second-order valence-electron chi connectivity index (χ2n) is 5.68. The minimum absolute atomic E-state index is 0.0395. The maximum atomic E-state index is 9.48. The Morgan fingerprint density at radius 2 is 2.12 bits per heavy atom. The summed E-state index contributed by atoms with van der Waals surface area (Å²) in [6.45, 7) is 6.98. The van der Waals surface area contributed by atoms with Crippen LogP contribution < -0.4 is 5.32 Å². The third-order valence-corrected chi connectivity index (χ3v) is 5.01. The van der Waals surface area contributed by atoms with Crippen LogP contribution in [0.5, 0.6) is 0 Å². The van der Waals surface area contributed by atoms with Crippen LogP contribution in [0.15, 0.2) is 0 Å². The van der Waals surface area contributed by atoms with Gasteiger partial charge in [0, 0.05) is 16.8 Å². The van der Waals surface area contributed by atoms with Crippen molar-refractivity contribution in [1.82, 2.24) is 5.32 Å². The number of aliphatic hydroxyl groups excluding tert-OH is 1. The van der Waals surface area contributed by atoms with Crippen LogP contribution in [-0.4, -0.2) is 34.3 Å². The molecule has 2 unspecified atom stereocenters. The molecule has 2 nitrogen and oxygen atoms in total. The van der Waals surface area contributed by atoms with Crippen molar-refractivity contribution in [3.05, 3.63) is 0 Å². The largest absolute Gasteiger partial charge is 0.394 e. The van der Waals surface area contributed by atoms with Crippen molar-refractivity contribution >= 4 is 11.8 Å².